The summed E-state index contributed by atoms with van der Waals surface area (Å²) in [7, 11) is 3.57. The Balaban J connectivity index is 2.49. The van der Waals surface area contributed by atoms with Gasteiger partial charge in [-0.1, -0.05) is 13.0 Å². The highest BCUT2D eigenvalue weighted by atomic mass is 16.5. The van der Waals surface area contributed by atoms with Crippen LogP contribution in [0.2, 0.25) is 0 Å². The Morgan fingerprint density at radius 3 is 2.76 bits per heavy atom. The van der Waals surface area contributed by atoms with Gasteiger partial charge in [-0.05, 0) is 24.1 Å². The molecule has 4 nitrogen and oxygen atoms in total. The molecule has 2 aromatic rings. The predicted molar refractivity (Wildman–Crippen MR) is 69.0 cm³/mol. The van der Waals surface area contributed by atoms with E-state index in [-0.39, 0.29) is 0 Å². The minimum absolute atomic E-state index is 0.649. The first kappa shape index (κ1) is 11.5. The SMILES string of the molecule is CCc1c(-c2ccc(OC)c(N)c2)cnn1C. The number of benzene rings is 1. The van der Waals surface area contributed by atoms with Gasteiger partial charge in [-0.3, -0.25) is 4.68 Å². The molecule has 0 atom stereocenters. The van der Waals surface area contributed by atoms with Crippen molar-refractivity contribution in [2.75, 3.05) is 12.8 Å². The molecule has 2 rings (SSSR count). The third-order valence-corrected chi connectivity index (χ3v) is 2.94. The van der Waals surface area contributed by atoms with Crippen LogP contribution in [-0.4, -0.2) is 16.9 Å². The molecule has 0 saturated heterocycles. The maximum atomic E-state index is 5.92. The van der Waals surface area contributed by atoms with Crippen LogP contribution >= 0.6 is 0 Å². The zero-order valence-corrected chi connectivity index (χ0v) is 10.4. The van der Waals surface area contributed by atoms with E-state index < -0.39 is 0 Å². The molecule has 1 heterocycles. The van der Waals surface area contributed by atoms with Gasteiger partial charge in [0.15, 0.2) is 0 Å². The summed E-state index contributed by atoms with van der Waals surface area (Å²) in [5, 5.41) is 4.28. The Bertz CT molecular complexity index is 531. The number of aryl methyl sites for hydroxylation is 1. The summed E-state index contributed by atoms with van der Waals surface area (Å²) in [6.45, 7) is 2.12. The number of ether oxygens (including phenoxy) is 1. The van der Waals surface area contributed by atoms with Gasteiger partial charge in [-0.15, -0.1) is 0 Å². The number of anilines is 1. The minimum Gasteiger partial charge on any atom is -0.495 e. The monoisotopic (exact) mass is 231 g/mol. The van der Waals surface area contributed by atoms with Crippen molar-refractivity contribution in [3.05, 3.63) is 30.1 Å². The molecule has 0 bridgehead atoms. The molecule has 0 spiro atoms. The Morgan fingerprint density at radius 2 is 2.18 bits per heavy atom. The standard InChI is InChI=1S/C13H17N3O/c1-4-12-10(8-15-16(12)2)9-5-6-13(17-3)11(14)7-9/h5-8H,4,14H2,1-3H3. The van der Waals surface area contributed by atoms with Crippen molar-refractivity contribution in [1.82, 2.24) is 9.78 Å². The maximum absolute atomic E-state index is 5.92. The molecule has 0 aliphatic heterocycles. The van der Waals surface area contributed by atoms with Crippen molar-refractivity contribution >= 4 is 5.69 Å². The highest BCUT2D eigenvalue weighted by Gasteiger charge is 2.10. The molecule has 1 aromatic heterocycles. The van der Waals surface area contributed by atoms with Crippen LogP contribution in [0.25, 0.3) is 11.1 Å². The van der Waals surface area contributed by atoms with E-state index in [0.717, 1.165) is 17.5 Å². The van der Waals surface area contributed by atoms with Crippen molar-refractivity contribution in [2.24, 2.45) is 7.05 Å². The number of nitrogens with zero attached hydrogens (tertiary/aromatic N) is 2. The highest BCUT2D eigenvalue weighted by molar-refractivity contribution is 5.71. The van der Waals surface area contributed by atoms with Crippen LogP contribution in [0.4, 0.5) is 5.69 Å². The molecule has 0 radical (unpaired) electrons. The summed E-state index contributed by atoms with van der Waals surface area (Å²) < 4.78 is 7.05. The van der Waals surface area contributed by atoms with Crippen molar-refractivity contribution in [3.63, 3.8) is 0 Å². The minimum atomic E-state index is 0.649. The second-order valence-electron chi connectivity index (χ2n) is 3.94. The van der Waals surface area contributed by atoms with Gasteiger partial charge < -0.3 is 10.5 Å². The van der Waals surface area contributed by atoms with Crippen molar-refractivity contribution < 1.29 is 4.74 Å². The number of aromatic nitrogens is 2. The summed E-state index contributed by atoms with van der Waals surface area (Å²) in [4.78, 5) is 0. The summed E-state index contributed by atoms with van der Waals surface area (Å²) in [5.74, 6) is 0.704. The lowest BCUT2D eigenvalue weighted by Crippen LogP contribution is -1.97. The van der Waals surface area contributed by atoms with Gasteiger partial charge in [0.05, 0.1) is 19.0 Å². The number of hydrogen-bond donors (Lipinski definition) is 1. The van der Waals surface area contributed by atoms with Crippen LogP contribution in [0.1, 0.15) is 12.6 Å². The van der Waals surface area contributed by atoms with Gasteiger partial charge in [-0.25, -0.2) is 0 Å². The van der Waals surface area contributed by atoms with Gasteiger partial charge in [0, 0.05) is 18.3 Å². The normalized spacial score (nSPS) is 10.5. The zero-order chi connectivity index (χ0) is 12.4. The second-order valence-corrected chi connectivity index (χ2v) is 3.94. The fourth-order valence-electron chi connectivity index (χ4n) is 2.03. The molecule has 0 aliphatic carbocycles. The van der Waals surface area contributed by atoms with Crippen LogP contribution in [-0.2, 0) is 13.5 Å². The molecule has 1 aromatic carbocycles. The summed E-state index contributed by atoms with van der Waals surface area (Å²) in [6, 6.07) is 5.82. The summed E-state index contributed by atoms with van der Waals surface area (Å²) >= 11 is 0. The van der Waals surface area contributed by atoms with E-state index in [1.807, 2.05) is 36.1 Å². The lowest BCUT2D eigenvalue weighted by Gasteiger charge is -2.08. The molecular weight excluding hydrogens is 214 g/mol. The lowest BCUT2D eigenvalue weighted by atomic mass is 10.0. The molecule has 90 valence electrons. The van der Waals surface area contributed by atoms with Crippen LogP contribution < -0.4 is 10.5 Å². The lowest BCUT2D eigenvalue weighted by molar-refractivity contribution is 0.417. The second kappa shape index (κ2) is 4.49. The largest absolute Gasteiger partial charge is 0.495 e. The van der Waals surface area contributed by atoms with Crippen LogP contribution in [0.5, 0.6) is 5.75 Å². The van der Waals surface area contributed by atoms with E-state index in [4.69, 9.17) is 10.5 Å². The van der Waals surface area contributed by atoms with Gasteiger partial charge in [-0.2, -0.15) is 5.10 Å². The highest BCUT2D eigenvalue weighted by Crippen LogP contribution is 2.30. The first-order valence-corrected chi connectivity index (χ1v) is 5.62. The van der Waals surface area contributed by atoms with E-state index in [1.54, 1.807) is 7.11 Å². The van der Waals surface area contributed by atoms with Gasteiger partial charge in [0.2, 0.25) is 0 Å². The third-order valence-electron chi connectivity index (χ3n) is 2.94. The van der Waals surface area contributed by atoms with Crippen LogP contribution in [0.3, 0.4) is 0 Å². The van der Waals surface area contributed by atoms with E-state index in [0.29, 0.717) is 11.4 Å². The fraction of sp³-hybridized carbons (Fsp3) is 0.308. The number of rotatable bonds is 3. The average molecular weight is 231 g/mol. The van der Waals surface area contributed by atoms with E-state index in [9.17, 15) is 0 Å². The van der Waals surface area contributed by atoms with Crippen molar-refractivity contribution in [2.45, 2.75) is 13.3 Å². The Hall–Kier alpha value is -1.97. The third kappa shape index (κ3) is 1.98. The number of methoxy groups -OCH3 is 1. The maximum Gasteiger partial charge on any atom is 0.141 e. The number of nitrogens with two attached hydrogens (primary N) is 1. The number of hydrogen-bond acceptors (Lipinski definition) is 3. The Morgan fingerprint density at radius 1 is 1.41 bits per heavy atom. The molecule has 0 saturated carbocycles. The predicted octanol–water partition coefficient (Wildman–Crippen LogP) is 2.24. The quantitative estimate of drug-likeness (QED) is 0.824. The molecule has 2 N–H and O–H groups in total. The molecular formula is C13H17N3O. The smallest absolute Gasteiger partial charge is 0.141 e. The summed E-state index contributed by atoms with van der Waals surface area (Å²) in [5.41, 5.74) is 9.97. The van der Waals surface area contributed by atoms with E-state index >= 15 is 0 Å². The fourth-order valence-corrected chi connectivity index (χ4v) is 2.03. The molecule has 0 aliphatic rings. The Labute approximate surface area is 101 Å². The zero-order valence-electron chi connectivity index (χ0n) is 10.4. The van der Waals surface area contributed by atoms with Crippen molar-refractivity contribution in [1.29, 1.82) is 0 Å². The summed E-state index contributed by atoms with van der Waals surface area (Å²) in [6.07, 6.45) is 2.82. The molecule has 0 fully saturated rings. The van der Waals surface area contributed by atoms with Crippen LogP contribution in [0, 0.1) is 0 Å². The van der Waals surface area contributed by atoms with Crippen molar-refractivity contribution in [3.8, 4) is 16.9 Å². The van der Waals surface area contributed by atoms with E-state index in [2.05, 4.69) is 12.0 Å². The topological polar surface area (TPSA) is 53.1 Å². The van der Waals surface area contributed by atoms with Gasteiger partial charge in [0.25, 0.3) is 0 Å². The van der Waals surface area contributed by atoms with E-state index in [1.165, 1.54) is 5.69 Å². The molecule has 4 heteroatoms. The average Bonchev–Trinajstić information content (AvgIpc) is 2.70. The Kier molecular flexibility index (Phi) is 3.04. The van der Waals surface area contributed by atoms with Crippen LogP contribution in [0.15, 0.2) is 24.4 Å². The first-order valence-electron chi connectivity index (χ1n) is 5.62. The molecule has 0 amide bonds. The number of nitrogen functional groups attached to an aromatic ring is 1. The van der Waals surface area contributed by atoms with Gasteiger partial charge >= 0.3 is 0 Å². The molecule has 0 unspecified atom stereocenters. The van der Waals surface area contributed by atoms with Gasteiger partial charge in [0.1, 0.15) is 5.75 Å². The first-order chi connectivity index (χ1) is 8.17. The molecule has 17 heavy (non-hydrogen) atoms.